The van der Waals surface area contributed by atoms with Crippen molar-refractivity contribution in [3.63, 3.8) is 0 Å². The number of carbonyl (C=O) groups excluding carboxylic acids is 1. The lowest BCUT2D eigenvalue weighted by Gasteiger charge is -2.35. The standard InChI is InChI=1S/C15H20O3/c1-15(17)10-11-18-14(16)13(15)9-5-8-12-6-3-2-4-7-12/h2-4,6-7,13,17H,5,8-11H2,1H3/t13-,15+/m0/s1. The molecule has 1 N–H and O–H groups in total. The number of aliphatic hydroxyl groups is 1. The Morgan fingerprint density at radius 2 is 2.11 bits per heavy atom. The van der Waals surface area contributed by atoms with E-state index in [9.17, 15) is 9.90 Å². The van der Waals surface area contributed by atoms with Crippen LogP contribution in [0.2, 0.25) is 0 Å². The van der Waals surface area contributed by atoms with Crippen molar-refractivity contribution < 1.29 is 14.6 Å². The third-order valence-electron chi connectivity index (χ3n) is 3.69. The van der Waals surface area contributed by atoms with Gasteiger partial charge < -0.3 is 9.84 Å². The summed E-state index contributed by atoms with van der Waals surface area (Å²) >= 11 is 0. The van der Waals surface area contributed by atoms with Gasteiger partial charge in [-0.1, -0.05) is 30.3 Å². The second kappa shape index (κ2) is 5.53. The Bertz CT molecular complexity index is 397. The van der Waals surface area contributed by atoms with Gasteiger partial charge in [0, 0.05) is 6.42 Å². The van der Waals surface area contributed by atoms with Crippen LogP contribution >= 0.6 is 0 Å². The topological polar surface area (TPSA) is 46.5 Å². The summed E-state index contributed by atoms with van der Waals surface area (Å²) in [5, 5.41) is 10.2. The number of benzene rings is 1. The van der Waals surface area contributed by atoms with Crippen LogP contribution < -0.4 is 0 Å². The maximum atomic E-state index is 11.7. The lowest BCUT2D eigenvalue weighted by Crippen LogP contribution is -2.45. The second-order valence-corrected chi connectivity index (χ2v) is 5.21. The largest absolute Gasteiger partial charge is 0.465 e. The molecule has 0 spiro atoms. The summed E-state index contributed by atoms with van der Waals surface area (Å²) in [4.78, 5) is 11.7. The molecule has 1 aliphatic heterocycles. The average molecular weight is 248 g/mol. The Labute approximate surface area is 108 Å². The molecule has 1 aromatic carbocycles. The predicted molar refractivity (Wildman–Crippen MR) is 69.1 cm³/mol. The van der Waals surface area contributed by atoms with Gasteiger partial charge in [-0.2, -0.15) is 0 Å². The molecule has 1 saturated heterocycles. The minimum Gasteiger partial charge on any atom is -0.465 e. The van der Waals surface area contributed by atoms with E-state index in [4.69, 9.17) is 4.74 Å². The van der Waals surface area contributed by atoms with E-state index < -0.39 is 5.60 Å². The van der Waals surface area contributed by atoms with Gasteiger partial charge in [-0.05, 0) is 31.7 Å². The van der Waals surface area contributed by atoms with Crippen molar-refractivity contribution in [2.75, 3.05) is 6.61 Å². The smallest absolute Gasteiger partial charge is 0.311 e. The molecule has 2 rings (SSSR count). The van der Waals surface area contributed by atoms with Gasteiger partial charge in [0.05, 0.1) is 18.1 Å². The molecule has 1 aliphatic rings. The highest BCUT2D eigenvalue weighted by Crippen LogP contribution is 2.31. The number of ether oxygens (including phenoxy) is 1. The van der Waals surface area contributed by atoms with Crippen LogP contribution in [0.3, 0.4) is 0 Å². The van der Waals surface area contributed by atoms with E-state index in [1.165, 1.54) is 5.56 Å². The maximum Gasteiger partial charge on any atom is 0.311 e. The Balaban J connectivity index is 1.87. The molecule has 0 radical (unpaired) electrons. The zero-order chi connectivity index (χ0) is 13.0. The summed E-state index contributed by atoms with van der Waals surface area (Å²) in [6.45, 7) is 2.07. The molecule has 2 atom stereocenters. The minimum atomic E-state index is -0.911. The van der Waals surface area contributed by atoms with E-state index in [1.807, 2.05) is 18.2 Å². The summed E-state index contributed by atoms with van der Waals surface area (Å²) in [6.07, 6.45) is 3.04. The van der Waals surface area contributed by atoms with Crippen LogP contribution in [0.15, 0.2) is 30.3 Å². The Kier molecular flexibility index (Phi) is 4.02. The summed E-state index contributed by atoms with van der Waals surface area (Å²) < 4.78 is 5.03. The minimum absolute atomic E-state index is 0.251. The van der Waals surface area contributed by atoms with Crippen molar-refractivity contribution in [2.24, 2.45) is 5.92 Å². The molecule has 98 valence electrons. The normalized spacial score (nSPS) is 27.9. The van der Waals surface area contributed by atoms with Crippen LogP contribution in [0.5, 0.6) is 0 Å². The van der Waals surface area contributed by atoms with E-state index in [2.05, 4.69) is 12.1 Å². The molecule has 1 aromatic rings. The molecule has 0 bridgehead atoms. The number of hydrogen-bond donors (Lipinski definition) is 1. The van der Waals surface area contributed by atoms with E-state index in [1.54, 1.807) is 6.92 Å². The molecule has 0 aromatic heterocycles. The molecular weight excluding hydrogens is 228 g/mol. The monoisotopic (exact) mass is 248 g/mol. The van der Waals surface area contributed by atoms with Gasteiger partial charge in [-0.15, -0.1) is 0 Å². The van der Waals surface area contributed by atoms with E-state index in [0.717, 1.165) is 12.8 Å². The molecule has 3 nitrogen and oxygen atoms in total. The summed E-state index contributed by atoms with van der Waals surface area (Å²) in [7, 11) is 0. The Hall–Kier alpha value is -1.35. The fourth-order valence-corrected chi connectivity index (χ4v) is 2.47. The van der Waals surface area contributed by atoms with E-state index >= 15 is 0 Å². The van der Waals surface area contributed by atoms with Crippen molar-refractivity contribution in [2.45, 2.75) is 38.2 Å². The van der Waals surface area contributed by atoms with Crippen LogP contribution in [0.1, 0.15) is 31.7 Å². The molecule has 18 heavy (non-hydrogen) atoms. The second-order valence-electron chi connectivity index (χ2n) is 5.21. The van der Waals surface area contributed by atoms with Crippen LogP contribution in [-0.2, 0) is 16.0 Å². The maximum absolute atomic E-state index is 11.7. The van der Waals surface area contributed by atoms with Crippen LogP contribution in [0, 0.1) is 5.92 Å². The highest BCUT2D eigenvalue weighted by atomic mass is 16.5. The lowest BCUT2D eigenvalue weighted by molar-refractivity contribution is -0.171. The molecule has 0 saturated carbocycles. The average Bonchev–Trinajstić information content (AvgIpc) is 2.34. The van der Waals surface area contributed by atoms with Crippen LogP contribution in [0.25, 0.3) is 0 Å². The Morgan fingerprint density at radius 3 is 2.78 bits per heavy atom. The van der Waals surface area contributed by atoms with Gasteiger partial charge in [-0.3, -0.25) is 4.79 Å². The van der Waals surface area contributed by atoms with Crippen molar-refractivity contribution in [1.82, 2.24) is 0 Å². The van der Waals surface area contributed by atoms with Crippen molar-refractivity contribution >= 4 is 5.97 Å². The van der Waals surface area contributed by atoms with Crippen molar-refractivity contribution in [3.8, 4) is 0 Å². The zero-order valence-corrected chi connectivity index (χ0v) is 10.8. The van der Waals surface area contributed by atoms with Gasteiger partial charge in [0.25, 0.3) is 0 Å². The van der Waals surface area contributed by atoms with E-state index in [-0.39, 0.29) is 11.9 Å². The summed E-state index contributed by atoms with van der Waals surface area (Å²) in [5.74, 6) is -0.630. The van der Waals surface area contributed by atoms with Crippen molar-refractivity contribution in [1.29, 1.82) is 0 Å². The molecule has 1 fully saturated rings. The summed E-state index contributed by atoms with van der Waals surface area (Å²) in [6, 6.07) is 10.2. The first-order valence-electron chi connectivity index (χ1n) is 6.52. The third-order valence-corrected chi connectivity index (χ3v) is 3.69. The molecule has 3 heteroatoms. The number of cyclic esters (lactones) is 1. The lowest BCUT2D eigenvalue weighted by atomic mass is 9.81. The first kappa shape index (κ1) is 13.1. The number of carbonyl (C=O) groups is 1. The number of aryl methyl sites for hydroxylation is 1. The van der Waals surface area contributed by atoms with Gasteiger partial charge in [0.1, 0.15) is 0 Å². The predicted octanol–water partition coefficient (Wildman–Crippen LogP) is 2.32. The molecule has 0 amide bonds. The first-order chi connectivity index (χ1) is 8.59. The molecule has 1 heterocycles. The first-order valence-corrected chi connectivity index (χ1v) is 6.52. The fraction of sp³-hybridized carbons (Fsp3) is 0.533. The number of esters is 1. The highest BCUT2D eigenvalue weighted by Gasteiger charge is 2.41. The van der Waals surface area contributed by atoms with Gasteiger partial charge in [-0.25, -0.2) is 0 Å². The van der Waals surface area contributed by atoms with Gasteiger partial charge in [0.15, 0.2) is 0 Å². The third kappa shape index (κ3) is 3.10. The SMILES string of the molecule is C[C@@]1(O)CCOC(=O)[C@@H]1CCCc1ccccc1. The number of hydrogen-bond acceptors (Lipinski definition) is 3. The quantitative estimate of drug-likeness (QED) is 0.832. The fourth-order valence-electron chi connectivity index (χ4n) is 2.47. The summed E-state index contributed by atoms with van der Waals surface area (Å²) in [5.41, 5.74) is 0.354. The van der Waals surface area contributed by atoms with Crippen LogP contribution in [-0.4, -0.2) is 23.3 Å². The van der Waals surface area contributed by atoms with Gasteiger partial charge in [0.2, 0.25) is 0 Å². The highest BCUT2D eigenvalue weighted by molar-refractivity contribution is 5.74. The Morgan fingerprint density at radius 1 is 1.39 bits per heavy atom. The molecule has 0 unspecified atom stereocenters. The van der Waals surface area contributed by atoms with Gasteiger partial charge >= 0.3 is 5.97 Å². The number of rotatable bonds is 4. The zero-order valence-electron chi connectivity index (χ0n) is 10.8. The van der Waals surface area contributed by atoms with Crippen molar-refractivity contribution in [3.05, 3.63) is 35.9 Å². The van der Waals surface area contributed by atoms with Crippen LogP contribution in [0.4, 0.5) is 0 Å². The van der Waals surface area contributed by atoms with E-state index in [0.29, 0.717) is 19.4 Å². The molecular formula is C15H20O3. The molecule has 0 aliphatic carbocycles.